The Balaban J connectivity index is 1.52. The smallest absolute Gasteiger partial charge is 0.234 e. The highest BCUT2D eigenvalue weighted by Crippen LogP contribution is 2.27. The van der Waals surface area contributed by atoms with Gasteiger partial charge in [-0.25, -0.2) is 0 Å². The maximum absolute atomic E-state index is 12.6. The van der Waals surface area contributed by atoms with Gasteiger partial charge in [-0.3, -0.25) is 9.36 Å². The van der Waals surface area contributed by atoms with Gasteiger partial charge in [-0.2, -0.15) is 0 Å². The number of carbonyl (C=O) groups excluding carboxylic acids is 1. The van der Waals surface area contributed by atoms with Crippen molar-refractivity contribution in [3.63, 3.8) is 0 Å². The van der Waals surface area contributed by atoms with Crippen molar-refractivity contribution >= 4 is 34.7 Å². The third-order valence-corrected chi connectivity index (χ3v) is 6.39. The molecule has 0 bridgehead atoms. The van der Waals surface area contributed by atoms with Gasteiger partial charge in [-0.1, -0.05) is 42.1 Å². The molecule has 1 N–H and O–H groups in total. The van der Waals surface area contributed by atoms with E-state index in [0.29, 0.717) is 23.0 Å². The van der Waals surface area contributed by atoms with Crippen molar-refractivity contribution in [3.8, 4) is 11.4 Å². The molecule has 0 atom stereocenters. The molecule has 2 aromatic heterocycles. The van der Waals surface area contributed by atoms with E-state index in [0.717, 1.165) is 17.1 Å². The monoisotopic (exact) mass is 450 g/mol. The number of nitrogens with zero attached hydrogens (tertiary/aromatic N) is 3. The van der Waals surface area contributed by atoms with Crippen LogP contribution < -0.4 is 10.1 Å². The molecule has 6 nitrogen and oxygen atoms in total. The van der Waals surface area contributed by atoms with Crippen molar-refractivity contribution in [3.05, 3.63) is 82.3 Å². The average Bonchev–Trinajstić information content (AvgIpc) is 3.43. The summed E-state index contributed by atoms with van der Waals surface area (Å²) in [5.41, 5.74) is 2.68. The number of thiophene rings is 1. The van der Waals surface area contributed by atoms with Gasteiger partial charge in [0.25, 0.3) is 0 Å². The second kappa shape index (κ2) is 9.80. The summed E-state index contributed by atoms with van der Waals surface area (Å²) in [7, 11) is 1.59. The van der Waals surface area contributed by atoms with Crippen LogP contribution in [-0.4, -0.2) is 33.5 Å². The minimum absolute atomic E-state index is 0.128. The maximum Gasteiger partial charge on any atom is 0.234 e. The lowest BCUT2D eigenvalue weighted by atomic mass is 10.2. The molecule has 2 heterocycles. The standard InChI is InChI=1S/C23H22N4O2S2/c1-16-10-11-20(29-2)19(13-16)24-22(28)15-31-23-26-25-21(14-18-9-6-12-30-18)27(23)17-7-4-3-5-8-17/h3-13H,14-15H2,1-2H3,(H,24,28). The predicted molar refractivity (Wildman–Crippen MR) is 126 cm³/mol. The van der Waals surface area contributed by atoms with E-state index in [1.807, 2.05) is 66.1 Å². The highest BCUT2D eigenvalue weighted by Gasteiger charge is 2.17. The van der Waals surface area contributed by atoms with Crippen LogP contribution in [0.4, 0.5) is 5.69 Å². The van der Waals surface area contributed by atoms with Gasteiger partial charge in [0.1, 0.15) is 11.6 Å². The highest BCUT2D eigenvalue weighted by molar-refractivity contribution is 7.99. The largest absolute Gasteiger partial charge is 0.495 e. The van der Waals surface area contributed by atoms with Gasteiger partial charge in [-0.15, -0.1) is 21.5 Å². The maximum atomic E-state index is 12.6. The molecular formula is C23H22N4O2S2. The Kier molecular flexibility index (Phi) is 6.69. The first kappa shape index (κ1) is 21.1. The molecule has 4 rings (SSSR count). The fourth-order valence-electron chi connectivity index (χ4n) is 3.15. The van der Waals surface area contributed by atoms with Crippen molar-refractivity contribution in [2.24, 2.45) is 0 Å². The molecule has 0 spiro atoms. The van der Waals surface area contributed by atoms with Crippen molar-refractivity contribution in [2.45, 2.75) is 18.5 Å². The normalized spacial score (nSPS) is 10.8. The SMILES string of the molecule is COc1ccc(C)cc1NC(=O)CSc1nnc(Cc2cccs2)n1-c1ccccc1. The molecule has 0 radical (unpaired) electrons. The summed E-state index contributed by atoms with van der Waals surface area (Å²) >= 11 is 3.05. The highest BCUT2D eigenvalue weighted by atomic mass is 32.2. The van der Waals surface area contributed by atoms with E-state index in [9.17, 15) is 4.79 Å². The molecule has 158 valence electrons. The molecular weight excluding hydrogens is 428 g/mol. The molecule has 0 fully saturated rings. The fourth-order valence-corrected chi connectivity index (χ4v) is 4.62. The summed E-state index contributed by atoms with van der Waals surface area (Å²) in [5.74, 6) is 1.56. The van der Waals surface area contributed by atoms with Crippen molar-refractivity contribution < 1.29 is 9.53 Å². The van der Waals surface area contributed by atoms with Gasteiger partial charge in [0.15, 0.2) is 5.16 Å². The van der Waals surface area contributed by atoms with Gasteiger partial charge in [0, 0.05) is 17.0 Å². The molecule has 8 heteroatoms. The topological polar surface area (TPSA) is 69.0 Å². The predicted octanol–water partition coefficient (Wildman–Crippen LogP) is 4.97. The minimum Gasteiger partial charge on any atom is -0.495 e. The van der Waals surface area contributed by atoms with E-state index in [1.54, 1.807) is 18.4 Å². The van der Waals surface area contributed by atoms with E-state index in [4.69, 9.17) is 4.74 Å². The molecule has 0 aliphatic rings. The number of anilines is 1. The summed E-state index contributed by atoms with van der Waals surface area (Å²) in [6, 6.07) is 19.8. The molecule has 0 aliphatic carbocycles. The number of amides is 1. The van der Waals surface area contributed by atoms with Crippen molar-refractivity contribution in [2.75, 3.05) is 18.2 Å². The number of rotatable bonds is 8. The number of methoxy groups -OCH3 is 1. The fraction of sp³-hybridized carbons (Fsp3) is 0.174. The number of carbonyl (C=O) groups is 1. The van der Waals surface area contributed by atoms with Gasteiger partial charge < -0.3 is 10.1 Å². The zero-order valence-electron chi connectivity index (χ0n) is 17.2. The molecule has 0 aliphatic heterocycles. The zero-order chi connectivity index (χ0) is 21.6. The molecule has 0 saturated carbocycles. The Morgan fingerprint density at radius 1 is 1.13 bits per heavy atom. The number of aromatic nitrogens is 3. The lowest BCUT2D eigenvalue weighted by Gasteiger charge is -2.12. The first-order valence-corrected chi connectivity index (χ1v) is 11.6. The molecule has 4 aromatic rings. The minimum atomic E-state index is -0.128. The van der Waals surface area contributed by atoms with E-state index < -0.39 is 0 Å². The molecule has 2 aromatic carbocycles. The Hall–Kier alpha value is -3.10. The van der Waals surface area contributed by atoms with E-state index in [1.165, 1.54) is 16.6 Å². The number of para-hydroxylation sites is 1. The van der Waals surface area contributed by atoms with E-state index in [2.05, 4.69) is 27.0 Å². The summed E-state index contributed by atoms with van der Waals surface area (Å²) in [6.45, 7) is 1.97. The summed E-state index contributed by atoms with van der Waals surface area (Å²) in [4.78, 5) is 13.8. The van der Waals surface area contributed by atoms with Crippen LogP contribution >= 0.6 is 23.1 Å². The lowest BCUT2D eigenvalue weighted by molar-refractivity contribution is -0.113. The van der Waals surface area contributed by atoms with Gasteiger partial charge in [0.05, 0.1) is 18.6 Å². The van der Waals surface area contributed by atoms with Crippen LogP contribution in [0, 0.1) is 6.92 Å². The third-order valence-electron chi connectivity index (χ3n) is 4.59. The molecule has 0 unspecified atom stereocenters. The van der Waals surface area contributed by atoms with Gasteiger partial charge >= 0.3 is 0 Å². The first-order valence-electron chi connectivity index (χ1n) is 9.73. The van der Waals surface area contributed by atoms with Gasteiger partial charge in [-0.05, 0) is 48.2 Å². The van der Waals surface area contributed by atoms with E-state index in [-0.39, 0.29) is 11.7 Å². The van der Waals surface area contributed by atoms with Crippen LogP contribution in [0.5, 0.6) is 5.75 Å². The molecule has 1 amide bonds. The quantitative estimate of drug-likeness (QED) is 0.384. The van der Waals surface area contributed by atoms with E-state index >= 15 is 0 Å². The summed E-state index contributed by atoms with van der Waals surface area (Å²) < 4.78 is 7.37. The average molecular weight is 451 g/mol. The van der Waals surface area contributed by atoms with Crippen molar-refractivity contribution in [1.82, 2.24) is 14.8 Å². The van der Waals surface area contributed by atoms with Crippen molar-refractivity contribution in [1.29, 1.82) is 0 Å². The number of aryl methyl sites for hydroxylation is 1. The van der Waals surface area contributed by atoms with Crippen LogP contribution in [0.15, 0.2) is 71.2 Å². The number of benzene rings is 2. The summed E-state index contributed by atoms with van der Waals surface area (Å²) in [5, 5.41) is 14.5. The number of ether oxygens (including phenoxy) is 1. The number of thioether (sulfide) groups is 1. The second-order valence-electron chi connectivity index (χ2n) is 6.87. The number of hydrogen-bond acceptors (Lipinski definition) is 6. The van der Waals surface area contributed by atoms with Crippen LogP contribution in [0.1, 0.15) is 16.3 Å². The van der Waals surface area contributed by atoms with Crippen LogP contribution in [0.25, 0.3) is 5.69 Å². The van der Waals surface area contributed by atoms with Crippen LogP contribution in [0.3, 0.4) is 0 Å². The Morgan fingerprint density at radius 3 is 2.71 bits per heavy atom. The molecule has 31 heavy (non-hydrogen) atoms. The van der Waals surface area contributed by atoms with Crippen LogP contribution in [0.2, 0.25) is 0 Å². The Bertz CT molecular complexity index is 1160. The zero-order valence-corrected chi connectivity index (χ0v) is 18.9. The Morgan fingerprint density at radius 2 is 1.97 bits per heavy atom. The second-order valence-corrected chi connectivity index (χ2v) is 8.84. The Labute approximate surface area is 189 Å². The third kappa shape index (κ3) is 5.15. The lowest BCUT2D eigenvalue weighted by Crippen LogP contribution is -2.15. The van der Waals surface area contributed by atoms with Gasteiger partial charge in [0.2, 0.25) is 5.91 Å². The number of hydrogen-bond donors (Lipinski definition) is 1. The first-order chi connectivity index (χ1) is 15.1. The number of nitrogens with one attached hydrogen (secondary N) is 1. The molecule has 0 saturated heterocycles. The van der Waals surface area contributed by atoms with Crippen LogP contribution in [-0.2, 0) is 11.2 Å². The summed E-state index contributed by atoms with van der Waals surface area (Å²) in [6.07, 6.45) is 0.687.